The van der Waals surface area contributed by atoms with Crippen molar-refractivity contribution >= 4 is 11.3 Å². The zero-order valence-corrected chi connectivity index (χ0v) is 9.08. The van der Waals surface area contributed by atoms with Crippen molar-refractivity contribution < 1.29 is 9.15 Å². The van der Waals surface area contributed by atoms with Gasteiger partial charge in [-0.1, -0.05) is 0 Å². The number of ether oxygens (including phenoxy) is 1. The van der Waals surface area contributed by atoms with E-state index in [0.717, 1.165) is 16.2 Å². The number of hydrazine groups is 1. The molecule has 0 saturated carbocycles. The van der Waals surface area contributed by atoms with Gasteiger partial charge in [0.05, 0.1) is 25.7 Å². The quantitative estimate of drug-likeness (QED) is 0.615. The van der Waals surface area contributed by atoms with Crippen LogP contribution in [0.1, 0.15) is 16.5 Å². The normalized spacial score (nSPS) is 12.7. The van der Waals surface area contributed by atoms with E-state index in [1.165, 1.54) is 0 Å². The molecule has 80 valence electrons. The Kier molecular flexibility index (Phi) is 3.05. The van der Waals surface area contributed by atoms with Crippen molar-refractivity contribution in [1.82, 2.24) is 5.43 Å². The van der Waals surface area contributed by atoms with Crippen LogP contribution in [0.4, 0.5) is 0 Å². The maximum Gasteiger partial charge on any atom is 0.129 e. The van der Waals surface area contributed by atoms with Crippen LogP contribution in [0.3, 0.4) is 0 Å². The molecule has 0 aliphatic rings. The lowest BCUT2D eigenvalue weighted by atomic mass is 10.1. The molecule has 0 fully saturated rings. The van der Waals surface area contributed by atoms with Gasteiger partial charge in [0.2, 0.25) is 0 Å². The van der Waals surface area contributed by atoms with Crippen LogP contribution in [0.15, 0.2) is 34.5 Å². The van der Waals surface area contributed by atoms with Gasteiger partial charge in [-0.25, -0.2) is 5.43 Å². The summed E-state index contributed by atoms with van der Waals surface area (Å²) in [4.78, 5) is 1.09. The van der Waals surface area contributed by atoms with Crippen LogP contribution in [0.25, 0.3) is 0 Å². The van der Waals surface area contributed by atoms with Crippen molar-refractivity contribution in [2.75, 3.05) is 7.11 Å². The lowest BCUT2D eigenvalue weighted by Crippen LogP contribution is -2.27. The molecule has 5 heteroatoms. The molecule has 2 rings (SSSR count). The largest absolute Gasteiger partial charge is 0.496 e. The highest BCUT2D eigenvalue weighted by Crippen LogP contribution is 2.30. The third kappa shape index (κ3) is 2.04. The zero-order valence-electron chi connectivity index (χ0n) is 8.27. The fourth-order valence-corrected chi connectivity index (χ4v) is 2.32. The number of nitrogens with one attached hydrogen (secondary N) is 1. The standard InChI is InChI=1S/C10H12N2O2S/c1-13-8-4-9(15-6-8)10(12-11)7-2-3-14-5-7/h2-6,10,12H,11H2,1H3. The van der Waals surface area contributed by atoms with Crippen LogP contribution in [-0.2, 0) is 0 Å². The average molecular weight is 224 g/mol. The van der Waals surface area contributed by atoms with Gasteiger partial charge < -0.3 is 9.15 Å². The Hall–Kier alpha value is -1.30. The zero-order chi connectivity index (χ0) is 10.7. The van der Waals surface area contributed by atoms with Gasteiger partial charge in [0.1, 0.15) is 5.75 Å². The molecule has 4 nitrogen and oxygen atoms in total. The fourth-order valence-electron chi connectivity index (χ4n) is 1.37. The second-order valence-corrected chi connectivity index (χ2v) is 3.99. The Bertz CT molecular complexity index is 411. The maximum absolute atomic E-state index is 5.52. The Morgan fingerprint density at radius 1 is 1.60 bits per heavy atom. The monoisotopic (exact) mass is 224 g/mol. The Morgan fingerprint density at radius 3 is 3.00 bits per heavy atom. The molecule has 1 atom stereocenters. The second-order valence-electron chi connectivity index (χ2n) is 3.05. The summed E-state index contributed by atoms with van der Waals surface area (Å²) in [6, 6.07) is 3.80. The predicted molar refractivity (Wildman–Crippen MR) is 58.7 cm³/mol. The number of nitrogens with two attached hydrogens (primary N) is 1. The molecule has 2 aromatic rings. The topological polar surface area (TPSA) is 60.4 Å². The molecule has 0 aromatic carbocycles. The van der Waals surface area contributed by atoms with Gasteiger partial charge in [-0.2, -0.15) is 0 Å². The highest BCUT2D eigenvalue weighted by atomic mass is 32.1. The van der Waals surface area contributed by atoms with Crippen molar-refractivity contribution in [3.05, 3.63) is 40.5 Å². The molecular weight excluding hydrogens is 212 g/mol. The van der Waals surface area contributed by atoms with E-state index in [0.29, 0.717) is 0 Å². The maximum atomic E-state index is 5.52. The van der Waals surface area contributed by atoms with Crippen molar-refractivity contribution in [3.8, 4) is 5.75 Å². The summed E-state index contributed by atoms with van der Waals surface area (Å²) in [5, 5.41) is 1.94. The highest BCUT2D eigenvalue weighted by Gasteiger charge is 2.15. The first-order chi connectivity index (χ1) is 7.35. The van der Waals surface area contributed by atoms with Crippen LogP contribution < -0.4 is 16.0 Å². The van der Waals surface area contributed by atoms with Gasteiger partial charge in [0.25, 0.3) is 0 Å². The summed E-state index contributed by atoms with van der Waals surface area (Å²) in [6.07, 6.45) is 3.31. The summed E-state index contributed by atoms with van der Waals surface area (Å²) in [6.45, 7) is 0. The molecule has 0 radical (unpaired) electrons. The molecule has 1 unspecified atom stereocenters. The van der Waals surface area contributed by atoms with Gasteiger partial charge in [-0.15, -0.1) is 11.3 Å². The van der Waals surface area contributed by atoms with Gasteiger partial charge in [0.15, 0.2) is 0 Å². The van der Waals surface area contributed by atoms with Gasteiger partial charge in [-0.3, -0.25) is 5.84 Å². The van der Waals surface area contributed by atoms with E-state index < -0.39 is 0 Å². The van der Waals surface area contributed by atoms with Crippen LogP contribution in [0.5, 0.6) is 5.75 Å². The summed E-state index contributed by atoms with van der Waals surface area (Å²) >= 11 is 1.60. The lowest BCUT2D eigenvalue weighted by Gasteiger charge is -2.11. The minimum Gasteiger partial charge on any atom is -0.496 e. The molecule has 0 bridgehead atoms. The fraction of sp³-hybridized carbons (Fsp3) is 0.200. The highest BCUT2D eigenvalue weighted by molar-refractivity contribution is 7.10. The average Bonchev–Trinajstić information content (AvgIpc) is 2.89. The van der Waals surface area contributed by atoms with E-state index in [4.69, 9.17) is 15.0 Å². The molecule has 0 amide bonds. The third-order valence-electron chi connectivity index (χ3n) is 2.16. The van der Waals surface area contributed by atoms with Crippen LogP contribution in [0, 0.1) is 0 Å². The van der Waals surface area contributed by atoms with Gasteiger partial charge in [-0.05, 0) is 12.1 Å². The van der Waals surface area contributed by atoms with Crippen molar-refractivity contribution in [2.24, 2.45) is 5.84 Å². The van der Waals surface area contributed by atoms with E-state index in [1.807, 2.05) is 17.5 Å². The molecule has 0 aliphatic heterocycles. The number of thiophene rings is 1. The smallest absolute Gasteiger partial charge is 0.129 e. The molecule has 2 heterocycles. The first-order valence-corrected chi connectivity index (χ1v) is 5.33. The molecule has 0 saturated heterocycles. The number of hydrogen-bond donors (Lipinski definition) is 2. The molecule has 2 aromatic heterocycles. The van der Waals surface area contributed by atoms with Crippen molar-refractivity contribution in [1.29, 1.82) is 0 Å². The second kappa shape index (κ2) is 4.48. The van der Waals surface area contributed by atoms with E-state index >= 15 is 0 Å². The summed E-state index contributed by atoms with van der Waals surface area (Å²) < 4.78 is 10.2. The molecular formula is C10H12N2O2S. The van der Waals surface area contributed by atoms with E-state index in [9.17, 15) is 0 Å². The SMILES string of the molecule is COc1csc(C(NN)c2ccoc2)c1. The van der Waals surface area contributed by atoms with Gasteiger partial charge in [0, 0.05) is 15.8 Å². The number of rotatable bonds is 4. The molecule has 15 heavy (non-hydrogen) atoms. The molecule has 0 spiro atoms. The van der Waals surface area contributed by atoms with Crippen LogP contribution in [-0.4, -0.2) is 7.11 Å². The first-order valence-electron chi connectivity index (χ1n) is 4.46. The van der Waals surface area contributed by atoms with E-state index in [1.54, 1.807) is 31.0 Å². The number of furan rings is 1. The Morgan fingerprint density at radius 2 is 2.47 bits per heavy atom. The van der Waals surface area contributed by atoms with Crippen molar-refractivity contribution in [3.63, 3.8) is 0 Å². The summed E-state index contributed by atoms with van der Waals surface area (Å²) in [5.74, 6) is 6.37. The Labute approximate surface area is 91.6 Å². The minimum atomic E-state index is -0.0438. The van der Waals surface area contributed by atoms with Gasteiger partial charge >= 0.3 is 0 Å². The number of hydrogen-bond acceptors (Lipinski definition) is 5. The predicted octanol–water partition coefficient (Wildman–Crippen LogP) is 1.90. The van der Waals surface area contributed by atoms with Crippen LogP contribution in [0.2, 0.25) is 0 Å². The third-order valence-corrected chi connectivity index (χ3v) is 3.13. The van der Waals surface area contributed by atoms with Crippen molar-refractivity contribution in [2.45, 2.75) is 6.04 Å². The Balaban J connectivity index is 2.27. The summed E-state index contributed by atoms with van der Waals surface area (Å²) in [5.41, 5.74) is 3.75. The van der Waals surface area contributed by atoms with E-state index in [-0.39, 0.29) is 6.04 Å². The summed E-state index contributed by atoms with van der Waals surface area (Å²) in [7, 11) is 1.65. The molecule has 3 N–H and O–H groups in total. The first kappa shape index (κ1) is 10.2. The lowest BCUT2D eigenvalue weighted by molar-refractivity contribution is 0.416. The molecule has 0 aliphatic carbocycles. The van der Waals surface area contributed by atoms with Crippen LogP contribution >= 0.6 is 11.3 Å². The minimum absolute atomic E-state index is 0.0438. The number of methoxy groups -OCH3 is 1. The van der Waals surface area contributed by atoms with E-state index in [2.05, 4.69) is 5.43 Å².